The van der Waals surface area contributed by atoms with Gasteiger partial charge in [0.2, 0.25) is 11.8 Å². The molecule has 0 unspecified atom stereocenters. The van der Waals surface area contributed by atoms with Crippen LogP contribution in [0.25, 0.3) is 0 Å². The zero-order valence-corrected chi connectivity index (χ0v) is 22.1. The highest BCUT2D eigenvalue weighted by Gasteiger charge is 2.42. The van der Waals surface area contributed by atoms with Crippen LogP contribution in [0.4, 0.5) is 5.69 Å². The van der Waals surface area contributed by atoms with Crippen LogP contribution in [0.2, 0.25) is 0 Å². The molecule has 1 fully saturated rings. The van der Waals surface area contributed by atoms with Gasteiger partial charge in [0.05, 0.1) is 10.9 Å². The van der Waals surface area contributed by atoms with E-state index in [1.54, 1.807) is 4.90 Å². The van der Waals surface area contributed by atoms with Crippen LogP contribution in [-0.4, -0.2) is 57.5 Å². The van der Waals surface area contributed by atoms with Crippen molar-refractivity contribution < 1.29 is 14.4 Å². The van der Waals surface area contributed by atoms with Crippen molar-refractivity contribution in [3.05, 3.63) is 29.8 Å². The number of benzene rings is 1. The van der Waals surface area contributed by atoms with E-state index < -0.39 is 6.04 Å². The average Bonchev–Trinajstić information content (AvgIpc) is 3.23. The summed E-state index contributed by atoms with van der Waals surface area (Å²) in [5, 5.41) is 6.25. The highest BCUT2D eigenvalue weighted by atomic mass is 32.2. The Balaban J connectivity index is 1.48. The van der Waals surface area contributed by atoms with Gasteiger partial charge in [0.25, 0.3) is 5.91 Å². The number of aliphatic imine (C=N–C) groups is 2. The molecule has 3 aliphatic rings. The largest absolute Gasteiger partial charge is 0.356 e. The molecule has 9 heteroatoms. The molecular weight excluding hydrogens is 474 g/mol. The van der Waals surface area contributed by atoms with Crippen LogP contribution < -0.4 is 10.6 Å². The molecule has 0 radical (unpaired) electrons. The average molecular weight is 512 g/mol. The number of nitrogens with zero attached hydrogens (tertiary/aromatic N) is 3. The number of hydrogen-bond donors (Lipinski definition) is 2. The highest BCUT2D eigenvalue weighted by Crippen LogP contribution is 2.36. The summed E-state index contributed by atoms with van der Waals surface area (Å²) in [4.78, 5) is 49.9. The maximum atomic E-state index is 13.5. The van der Waals surface area contributed by atoms with E-state index in [9.17, 15) is 14.4 Å². The Kier molecular flexibility index (Phi) is 9.18. The first-order valence-corrected chi connectivity index (χ1v) is 14.2. The molecule has 2 heterocycles. The van der Waals surface area contributed by atoms with Crippen molar-refractivity contribution in [1.29, 1.82) is 0 Å². The molecule has 4 rings (SSSR count). The van der Waals surface area contributed by atoms with E-state index in [4.69, 9.17) is 9.98 Å². The van der Waals surface area contributed by atoms with Gasteiger partial charge in [0, 0.05) is 24.6 Å². The second kappa shape index (κ2) is 12.5. The molecule has 8 nitrogen and oxygen atoms in total. The Hall–Kier alpha value is -2.68. The zero-order valence-electron chi connectivity index (χ0n) is 21.3. The van der Waals surface area contributed by atoms with E-state index >= 15 is 0 Å². The van der Waals surface area contributed by atoms with E-state index in [1.807, 2.05) is 31.2 Å². The number of unbranched alkanes of at least 4 members (excludes halogenated alkanes) is 1. The zero-order chi connectivity index (χ0) is 25.5. The molecule has 1 aliphatic carbocycles. The molecule has 2 aliphatic heterocycles. The number of amides is 3. The third-order valence-electron chi connectivity index (χ3n) is 6.91. The van der Waals surface area contributed by atoms with Crippen LogP contribution in [0.5, 0.6) is 0 Å². The summed E-state index contributed by atoms with van der Waals surface area (Å²) in [5.74, 6) is 0.318. The molecule has 2 atom stereocenters. The summed E-state index contributed by atoms with van der Waals surface area (Å²) in [6, 6.07) is 7.21. The number of carbonyl (C=O) groups excluding carboxylic acids is 3. The van der Waals surface area contributed by atoms with Crippen LogP contribution in [0.15, 0.2) is 34.3 Å². The van der Waals surface area contributed by atoms with Crippen LogP contribution >= 0.6 is 11.8 Å². The molecule has 1 saturated carbocycles. The molecule has 1 aromatic rings. The minimum atomic E-state index is -0.634. The van der Waals surface area contributed by atoms with Gasteiger partial charge in [-0.15, -0.1) is 0 Å². The molecule has 1 aromatic carbocycles. The molecule has 3 amide bonds. The number of thioether (sulfide) groups is 1. The summed E-state index contributed by atoms with van der Waals surface area (Å²) in [6.45, 7) is 4.71. The first-order chi connectivity index (χ1) is 17.5. The number of nitrogens with one attached hydrogen (secondary N) is 2. The fraction of sp³-hybridized carbons (Fsp3) is 0.593. The minimum Gasteiger partial charge on any atom is -0.356 e. The van der Waals surface area contributed by atoms with Crippen LogP contribution in [-0.2, 0) is 14.4 Å². The Morgan fingerprint density at radius 3 is 2.69 bits per heavy atom. The van der Waals surface area contributed by atoms with Crippen LogP contribution in [0.1, 0.15) is 83.6 Å². The van der Waals surface area contributed by atoms with Gasteiger partial charge in [-0.2, -0.15) is 0 Å². The SMILES string of the molecule is CCCCNC(=O)CC[C@H]1N=C2c3ccccc3N=C(S[C@H](CC)C(=O)NC3CCCCC3)N2C1=O. The molecule has 194 valence electrons. The van der Waals surface area contributed by atoms with E-state index in [0.717, 1.165) is 49.8 Å². The van der Waals surface area contributed by atoms with E-state index in [2.05, 4.69) is 17.6 Å². The lowest BCUT2D eigenvalue weighted by Gasteiger charge is -2.29. The normalized spacial score (nSPS) is 20.2. The third kappa shape index (κ3) is 6.17. The van der Waals surface area contributed by atoms with Crippen molar-refractivity contribution >= 4 is 46.2 Å². The Morgan fingerprint density at radius 2 is 1.94 bits per heavy atom. The molecular formula is C27H37N5O3S. The molecule has 36 heavy (non-hydrogen) atoms. The predicted molar refractivity (Wildman–Crippen MR) is 145 cm³/mol. The lowest BCUT2D eigenvalue weighted by Crippen LogP contribution is -2.45. The number of fused-ring (bicyclic) bond motifs is 3. The molecule has 2 N–H and O–H groups in total. The Morgan fingerprint density at radius 1 is 1.17 bits per heavy atom. The first-order valence-electron chi connectivity index (χ1n) is 13.3. The smallest absolute Gasteiger partial charge is 0.259 e. The second-order valence-electron chi connectivity index (χ2n) is 9.65. The van der Waals surface area contributed by atoms with Gasteiger partial charge in [-0.05, 0) is 44.2 Å². The summed E-state index contributed by atoms with van der Waals surface area (Å²) in [5.41, 5.74) is 1.54. The van der Waals surface area contributed by atoms with Crippen molar-refractivity contribution in [3.8, 4) is 0 Å². The fourth-order valence-corrected chi connectivity index (χ4v) is 5.85. The molecule has 0 aromatic heterocycles. The monoisotopic (exact) mass is 511 g/mol. The van der Waals surface area contributed by atoms with Gasteiger partial charge in [-0.3, -0.25) is 19.4 Å². The molecule has 0 bridgehead atoms. The lowest BCUT2D eigenvalue weighted by molar-refractivity contribution is -0.125. The number of hydrogen-bond acceptors (Lipinski definition) is 6. The molecule has 0 spiro atoms. The maximum Gasteiger partial charge on any atom is 0.259 e. The van der Waals surface area contributed by atoms with Gasteiger partial charge in [0.15, 0.2) is 5.17 Å². The summed E-state index contributed by atoms with van der Waals surface area (Å²) >= 11 is 1.33. The minimum absolute atomic E-state index is 0.00129. The van der Waals surface area contributed by atoms with Crippen molar-refractivity contribution in [1.82, 2.24) is 15.5 Å². The maximum absolute atomic E-state index is 13.5. The molecule has 0 saturated heterocycles. The predicted octanol–water partition coefficient (Wildman–Crippen LogP) is 4.30. The van der Waals surface area contributed by atoms with Gasteiger partial charge in [0.1, 0.15) is 11.9 Å². The Bertz CT molecular complexity index is 1030. The number of carbonyl (C=O) groups is 3. The van der Waals surface area contributed by atoms with Crippen LogP contribution in [0, 0.1) is 0 Å². The highest BCUT2D eigenvalue weighted by molar-refractivity contribution is 8.15. The lowest BCUT2D eigenvalue weighted by atomic mass is 9.95. The van der Waals surface area contributed by atoms with Crippen molar-refractivity contribution in [2.75, 3.05) is 6.54 Å². The van der Waals surface area contributed by atoms with Gasteiger partial charge in [-0.1, -0.05) is 63.4 Å². The van der Waals surface area contributed by atoms with E-state index in [0.29, 0.717) is 30.4 Å². The van der Waals surface area contributed by atoms with Crippen LogP contribution in [0.3, 0.4) is 0 Å². The topological polar surface area (TPSA) is 103 Å². The summed E-state index contributed by atoms with van der Waals surface area (Å²) in [6.07, 6.45) is 8.74. The summed E-state index contributed by atoms with van der Waals surface area (Å²) in [7, 11) is 0. The van der Waals surface area contributed by atoms with Gasteiger partial charge < -0.3 is 10.6 Å². The standard InChI is InChI=1S/C27H37N5O3S/c1-3-5-17-28-23(33)16-15-21-26(35)32-24(30-21)19-13-9-10-14-20(19)31-27(32)36-22(4-2)25(34)29-18-11-7-6-8-12-18/h9-10,13-14,18,21-22H,3-8,11-12,15-17H2,1-2H3,(H,28,33)(H,29,34)/t21-,22-/m1/s1. The third-order valence-corrected chi connectivity index (χ3v) is 8.22. The van der Waals surface area contributed by atoms with Crippen molar-refractivity contribution in [3.63, 3.8) is 0 Å². The number of amidine groups is 2. The quantitative estimate of drug-likeness (QED) is 0.457. The van der Waals surface area contributed by atoms with E-state index in [1.165, 1.54) is 18.2 Å². The van der Waals surface area contributed by atoms with Gasteiger partial charge in [-0.25, -0.2) is 9.89 Å². The number of rotatable bonds is 10. The summed E-state index contributed by atoms with van der Waals surface area (Å²) < 4.78 is 0. The van der Waals surface area contributed by atoms with Crippen molar-refractivity contribution in [2.45, 2.75) is 95.4 Å². The van der Waals surface area contributed by atoms with Gasteiger partial charge >= 0.3 is 0 Å². The Labute approximate surface area is 217 Å². The first kappa shape index (κ1) is 26.4. The van der Waals surface area contributed by atoms with Crippen molar-refractivity contribution in [2.24, 2.45) is 9.98 Å². The fourth-order valence-electron chi connectivity index (χ4n) is 4.82. The number of para-hydroxylation sites is 1. The van der Waals surface area contributed by atoms with E-state index in [-0.39, 0.29) is 35.4 Å². The second-order valence-corrected chi connectivity index (χ2v) is 10.8.